The van der Waals surface area contributed by atoms with Crippen molar-refractivity contribution in [2.24, 2.45) is 0 Å². The lowest BCUT2D eigenvalue weighted by Gasteiger charge is -2.04. The summed E-state index contributed by atoms with van der Waals surface area (Å²) in [5.41, 5.74) is 2.23. The summed E-state index contributed by atoms with van der Waals surface area (Å²) in [7, 11) is 0. The highest BCUT2D eigenvalue weighted by atomic mass is 16.4. The Hall–Kier alpha value is -3.08. The Kier molecular flexibility index (Phi) is 4.33. The fourth-order valence-corrected chi connectivity index (χ4v) is 2.79. The van der Waals surface area contributed by atoms with E-state index in [1.165, 1.54) is 12.1 Å². The van der Waals surface area contributed by atoms with Crippen LogP contribution < -0.4 is 0 Å². The van der Waals surface area contributed by atoms with E-state index in [4.69, 9.17) is 5.11 Å². The van der Waals surface area contributed by atoms with Crippen molar-refractivity contribution in [1.29, 1.82) is 0 Å². The molecular weight excluding hydrogens is 306 g/mol. The van der Waals surface area contributed by atoms with E-state index in [0.29, 0.717) is 18.4 Å². The summed E-state index contributed by atoms with van der Waals surface area (Å²) in [6, 6.07) is 13.7. The molecule has 0 aliphatic carbocycles. The van der Waals surface area contributed by atoms with Crippen molar-refractivity contribution >= 4 is 22.8 Å². The maximum atomic E-state index is 12.8. The first-order chi connectivity index (χ1) is 11.6. The zero-order valence-electron chi connectivity index (χ0n) is 13.0. The van der Waals surface area contributed by atoms with Gasteiger partial charge in [0.1, 0.15) is 5.75 Å². The van der Waals surface area contributed by atoms with Crippen molar-refractivity contribution in [3.8, 4) is 5.75 Å². The van der Waals surface area contributed by atoms with E-state index in [9.17, 15) is 14.7 Å². The van der Waals surface area contributed by atoms with Gasteiger partial charge in [-0.1, -0.05) is 18.2 Å². The second-order valence-corrected chi connectivity index (χ2v) is 5.64. The molecule has 5 heteroatoms. The van der Waals surface area contributed by atoms with Crippen LogP contribution in [0.3, 0.4) is 0 Å². The highest BCUT2D eigenvalue weighted by Crippen LogP contribution is 2.24. The molecule has 2 N–H and O–H groups in total. The number of fused-ring (bicyclic) bond motifs is 1. The van der Waals surface area contributed by atoms with Crippen LogP contribution in [0.2, 0.25) is 0 Å². The standard InChI is InChI=1S/C19H17NO4/c21-15-10-8-13(9-11-15)19(24)20-12-14(4-3-7-18(22)23)16-5-1-2-6-17(16)20/h1-2,5-6,8-12,21H,3-4,7H2,(H,22,23). The van der Waals surface area contributed by atoms with E-state index in [-0.39, 0.29) is 18.1 Å². The van der Waals surface area contributed by atoms with Crippen molar-refractivity contribution in [3.63, 3.8) is 0 Å². The summed E-state index contributed by atoms with van der Waals surface area (Å²) >= 11 is 0. The Morgan fingerprint density at radius 1 is 1.00 bits per heavy atom. The van der Waals surface area contributed by atoms with Gasteiger partial charge in [-0.3, -0.25) is 14.2 Å². The average Bonchev–Trinajstić information content (AvgIpc) is 2.94. The Morgan fingerprint density at radius 2 is 1.71 bits per heavy atom. The van der Waals surface area contributed by atoms with Crippen LogP contribution in [0.15, 0.2) is 54.7 Å². The smallest absolute Gasteiger partial charge is 0.303 e. The minimum atomic E-state index is -0.820. The Balaban J connectivity index is 1.97. The number of carboxylic acid groups (broad SMARTS) is 1. The Labute approximate surface area is 138 Å². The minimum absolute atomic E-state index is 0.103. The highest BCUT2D eigenvalue weighted by molar-refractivity contribution is 6.03. The van der Waals surface area contributed by atoms with Gasteiger partial charge in [-0.15, -0.1) is 0 Å². The van der Waals surface area contributed by atoms with E-state index in [0.717, 1.165) is 16.5 Å². The number of carboxylic acids is 1. The number of aromatic nitrogens is 1. The molecule has 0 unspecified atom stereocenters. The topological polar surface area (TPSA) is 79.5 Å². The molecule has 0 saturated carbocycles. The molecule has 1 heterocycles. The molecule has 0 fully saturated rings. The molecule has 2 aromatic carbocycles. The zero-order chi connectivity index (χ0) is 17.1. The number of hydrogen-bond acceptors (Lipinski definition) is 3. The van der Waals surface area contributed by atoms with Gasteiger partial charge in [0.25, 0.3) is 5.91 Å². The Morgan fingerprint density at radius 3 is 2.42 bits per heavy atom. The van der Waals surface area contributed by atoms with Gasteiger partial charge in [-0.2, -0.15) is 0 Å². The average molecular weight is 323 g/mol. The van der Waals surface area contributed by atoms with E-state index < -0.39 is 5.97 Å². The van der Waals surface area contributed by atoms with Crippen LogP contribution in [0.5, 0.6) is 5.75 Å². The van der Waals surface area contributed by atoms with Crippen molar-refractivity contribution < 1.29 is 19.8 Å². The number of aliphatic carboxylic acids is 1. The second-order valence-electron chi connectivity index (χ2n) is 5.64. The molecule has 0 atom stereocenters. The molecule has 0 bridgehead atoms. The number of carbonyl (C=O) groups is 2. The number of carbonyl (C=O) groups excluding carboxylic acids is 1. The second kappa shape index (κ2) is 6.58. The minimum Gasteiger partial charge on any atom is -0.508 e. The van der Waals surface area contributed by atoms with Gasteiger partial charge in [-0.05, 0) is 48.7 Å². The van der Waals surface area contributed by atoms with E-state index in [2.05, 4.69) is 0 Å². The summed E-state index contributed by atoms with van der Waals surface area (Å²) in [6.07, 6.45) is 3.01. The number of hydrogen-bond donors (Lipinski definition) is 2. The van der Waals surface area contributed by atoms with Crippen molar-refractivity contribution in [2.45, 2.75) is 19.3 Å². The zero-order valence-corrected chi connectivity index (χ0v) is 13.0. The predicted octanol–water partition coefficient (Wildman–Crippen LogP) is 3.44. The summed E-state index contributed by atoms with van der Waals surface area (Å²) in [4.78, 5) is 23.5. The third kappa shape index (κ3) is 3.15. The Bertz CT molecular complexity index is 893. The molecule has 24 heavy (non-hydrogen) atoms. The third-order valence-electron chi connectivity index (χ3n) is 3.96. The predicted molar refractivity (Wildman–Crippen MR) is 90.3 cm³/mol. The van der Waals surface area contributed by atoms with Crippen molar-refractivity contribution in [2.75, 3.05) is 0 Å². The molecule has 0 aliphatic heterocycles. The number of aromatic hydroxyl groups is 1. The summed E-state index contributed by atoms with van der Waals surface area (Å²) in [5, 5.41) is 19.1. The molecule has 3 rings (SSSR count). The van der Waals surface area contributed by atoms with E-state index in [1.54, 1.807) is 22.9 Å². The van der Waals surface area contributed by atoms with Crippen LogP contribution >= 0.6 is 0 Å². The van der Waals surface area contributed by atoms with Crippen molar-refractivity contribution in [3.05, 3.63) is 65.9 Å². The largest absolute Gasteiger partial charge is 0.508 e. The fourth-order valence-electron chi connectivity index (χ4n) is 2.79. The molecule has 5 nitrogen and oxygen atoms in total. The monoisotopic (exact) mass is 323 g/mol. The first-order valence-electron chi connectivity index (χ1n) is 7.71. The molecule has 0 amide bonds. The summed E-state index contributed by atoms with van der Waals surface area (Å²) < 4.78 is 1.58. The molecule has 0 saturated heterocycles. The number of benzene rings is 2. The van der Waals surface area contributed by atoms with Crippen LogP contribution in [0.4, 0.5) is 0 Å². The van der Waals surface area contributed by atoms with Crippen LogP contribution in [0.1, 0.15) is 28.8 Å². The summed E-state index contributed by atoms with van der Waals surface area (Å²) in [5.74, 6) is -0.895. The van der Waals surface area contributed by atoms with Gasteiger partial charge < -0.3 is 10.2 Å². The molecule has 1 aromatic heterocycles. The number of rotatable bonds is 5. The molecular formula is C19H17NO4. The molecule has 3 aromatic rings. The van der Waals surface area contributed by atoms with Gasteiger partial charge in [-0.25, -0.2) is 0 Å². The quantitative estimate of drug-likeness (QED) is 0.754. The van der Waals surface area contributed by atoms with Gasteiger partial charge >= 0.3 is 5.97 Å². The number of nitrogens with zero attached hydrogens (tertiary/aromatic N) is 1. The third-order valence-corrected chi connectivity index (χ3v) is 3.96. The van der Waals surface area contributed by atoms with E-state index in [1.807, 2.05) is 24.3 Å². The first-order valence-corrected chi connectivity index (χ1v) is 7.71. The molecule has 122 valence electrons. The number of para-hydroxylation sites is 1. The van der Waals surface area contributed by atoms with Crippen LogP contribution in [-0.4, -0.2) is 26.7 Å². The normalized spacial score (nSPS) is 10.8. The number of phenolic OH excluding ortho intramolecular Hbond substituents is 1. The van der Waals surface area contributed by atoms with Crippen molar-refractivity contribution in [1.82, 2.24) is 4.57 Å². The van der Waals surface area contributed by atoms with Gasteiger partial charge in [0, 0.05) is 23.6 Å². The highest BCUT2D eigenvalue weighted by Gasteiger charge is 2.15. The maximum Gasteiger partial charge on any atom is 0.303 e. The molecule has 0 aliphatic rings. The van der Waals surface area contributed by atoms with Gasteiger partial charge in [0.2, 0.25) is 0 Å². The van der Waals surface area contributed by atoms with Crippen LogP contribution in [0.25, 0.3) is 10.9 Å². The van der Waals surface area contributed by atoms with Crippen LogP contribution in [-0.2, 0) is 11.2 Å². The lowest BCUT2D eigenvalue weighted by molar-refractivity contribution is -0.137. The number of phenols is 1. The van der Waals surface area contributed by atoms with Crippen LogP contribution in [0, 0.1) is 0 Å². The lowest BCUT2D eigenvalue weighted by Crippen LogP contribution is -2.10. The summed E-state index contributed by atoms with van der Waals surface area (Å²) in [6.45, 7) is 0. The lowest BCUT2D eigenvalue weighted by atomic mass is 10.1. The van der Waals surface area contributed by atoms with Gasteiger partial charge in [0.05, 0.1) is 5.52 Å². The molecule has 0 radical (unpaired) electrons. The van der Waals surface area contributed by atoms with E-state index >= 15 is 0 Å². The molecule has 0 spiro atoms. The fraction of sp³-hybridized carbons (Fsp3) is 0.158. The number of aryl methyl sites for hydroxylation is 1. The SMILES string of the molecule is O=C(O)CCCc1cn(C(=O)c2ccc(O)cc2)c2ccccc12. The van der Waals surface area contributed by atoms with Gasteiger partial charge in [0.15, 0.2) is 0 Å². The maximum absolute atomic E-state index is 12.8. The first kappa shape index (κ1) is 15.8.